The van der Waals surface area contributed by atoms with Crippen LogP contribution in [0.25, 0.3) is 22.3 Å². The molecule has 0 amide bonds. The van der Waals surface area contributed by atoms with E-state index >= 15 is 0 Å². The molecule has 0 aliphatic rings. The minimum Gasteiger partial charge on any atom is -0.457 e. The first-order valence-corrected chi connectivity index (χ1v) is 9.73. The number of para-hydroxylation sites is 1. The average Bonchev–Trinajstić information content (AvgIpc) is 3.34. The number of fused-ring (bicyclic) bond motifs is 1. The number of aromatic amines is 1. The van der Waals surface area contributed by atoms with E-state index in [-0.39, 0.29) is 25.2 Å². The lowest BCUT2D eigenvalue weighted by Gasteiger charge is -2.04. The molecule has 152 valence electrons. The Balaban J connectivity index is 1.31. The van der Waals surface area contributed by atoms with Crippen molar-refractivity contribution in [3.05, 3.63) is 70.7 Å². The van der Waals surface area contributed by atoms with Crippen molar-refractivity contribution in [1.82, 2.24) is 15.1 Å². The number of aryl methyl sites for hydroxylation is 2. The summed E-state index contributed by atoms with van der Waals surface area (Å²) in [5, 5.41) is 5.33. The number of Topliss-reactive ketones (excluding diaryl/α,β-unsaturated/α-hetero) is 1. The highest BCUT2D eigenvalue weighted by molar-refractivity contribution is 6.30. The lowest BCUT2D eigenvalue weighted by atomic mass is 10.1. The van der Waals surface area contributed by atoms with Gasteiger partial charge in [0.15, 0.2) is 6.61 Å². The van der Waals surface area contributed by atoms with Crippen LogP contribution in [0.2, 0.25) is 5.02 Å². The van der Waals surface area contributed by atoms with Gasteiger partial charge in [0, 0.05) is 39.2 Å². The quantitative estimate of drug-likeness (QED) is 0.346. The fourth-order valence-electron chi connectivity index (χ4n) is 3.21. The fraction of sp³-hybridized carbons (Fsp3) is 0.182. The Hall–Kier alpha value is -3.45. The molecule has 4 rings (SSSR count). The van der Waals surface area contributed by atoms with Gasteiger partial charge in [-0.15, -0.1) is 0 Å². The van der Waals surface area contributed by atoms with Gasteiger partial charge in [0.1, 0.15) is 0 Å². The van der Waals surface area contributed by atoms with Crippen molar-refractivity contribution in [2.24, 2.45) is 0 Å². The van der Waals surface area contributed by atoms with Crippen molar-refractivity contribution < 1.29 is 18.8 Å². The number of esters is 1. The number of carbonyl (C=O) groups excluding carboxylic acids is 2. The van der Waals surface area contributed by atoms with Gasteiger partial charge in [-0.2, -0.15) is 4.98 Å². The van der Waals surface area contributed by atoms with Gasteiger partial charge in [0.2, 0.25) is 17.5 Å². The first-order chi connectivity index (χ1) is 14.5. The number of halogens is 1. The predicted molar refractivity (Wildman–Crippen MR) is 111 cm³/mol. The molecule has 1 N–H and O–H groups in total. The topological polar surface area (TPSA) is 98.1 Å². The molecule has 4 aromatic rings. The second kappa shape index (κ2) is 8.51. The van der Waals surface area contributed by atoms with Crippen molar-refractivity contribution in [3.8, 4) is 11.4 Å². The molecule has 2 aromatic heterocycles. The lowest BCUT2D eigenvalue weighted by molar-refractivity contribution is -0.142. The SMILES string of the molecule is Cc1[nH]c2ccccc2c1C(=O)COC(=O)CCc1nc(-c2ccc(Cl)cc2)no1. The van der Waals surface area contributed by atoms with Crippen molar-refractivity contribution in [3.63, 3.8) is 0 Å². The standard InChI is InChI=1S/C22H18ClN3O4/c1-13-21(16-4-2-3-5-17(16)24-13)18(27)12-29-20(28)11-10-19-25-22(26-30-19)14-6-8-15(23)9-7-14/h2-9,24H,10-12H2,1H3. The third kappa shape index (κ3) is 4.26. The van der Waals surface area contributed by atoms with Crippen LogP contribution in [0.4, 0.5) is 0 Å². The summed E-state index contributed by atoms with van der Waals surface area (Å²) in [6, 6.07) is 14.5. The third-order valence-electron chi connectivity index (χ3n) is 4.65. The highest BCUT2D eigenvalue weighted by Gasteiger charge is 2.18. The van der Waals surface area contributed by atoms with Crippen molar-refractivity contribution in [1.29, 1.82) is 0 Å². The molecular formula is C22H18ClN3O4. The van der Waals surface area contributed by atoms with Crippen LogP contribution in [0, 0.1) is 6.92 Å². The number of ether oxygens (including phenoxy) is 1. The van der Waals surface area contributed by atoms with Crippen LogP contribution in [-0.2, 0) is 16.0 Å². The Bertz CT molecular complexity index is 1210. The average molecular weight is 424 g/mol. The molecule has 0 atom stereocenters. The summed E-state index contributed by atoms with van der Waals surface area (Å²) in [5.74, 6) is -0.0241. The molecule has 0 saturated heterocycles. The number of ketones is 1. The van der Waals surface area contributed by atoms with Gasteiger partial charge in [-0.25, -0.2) is 0 Å². The van der Waals surface area contributed by atoms with Gasteiger partial charge in [0.25, 0.3) is 0 Å². The number of carbonyl (C=O) groups is 2. The molecule has 0 unspecified atom stereocenters. The molecule has 7 nitrogen and oxygen atoms in total. The number of H-pyrrole nitrogens is 1. The second-order valence-corrected chi connectivity index (χ2v) is 7.21. The van der Waals surface area contributed by atoms with E-state index in [1.165, 1.54) is 0 Å². The van der Waals surface area contributed by atoms with E-state index in [0.29, 0.717) is 22.3 Å². The van der Waals surface area contributed by atoms with E-state index < -0.39 is 5.97 Å². The van der Waals surface area contributed by atoms with E-state index in [4.69, 9.17) is 20.9 Å². The number of benzene rings is 2. The Kier molecular flexibility index (Phi) is 5.63. The van der Waals surface area contributed by atoms with Crippen molar-refractivity contribution in [2.45, 2.75) is 19.8 Å². The number of rotatable bonds is 7. The molecule has 0 aliphatic heterocycles. The van der Waals surface area contributed by atoms with E-state index in [1.54, 1.807) is 24.3 Å². The normalized spacial score (nSPS) is 11.0. The molecule has 0 saturated carbocycles. The zero-order valence-electron chi connectivity index (χ0n) is 16.1. The summed E-state index contributed by atoms with van der Waals surface area (Å²) in [4.78, 5) is 32.1. The molecule has 0 aliphatic carbocycles. The first kappa shape index (κ1) is 19.8. The summed E-state index contributed by atoms with van der Waals surface area (Å²) in [7, 11) is 0. The fourth-order valence-corrected chi connectivity index (χ4v) is 3.33. The van der Waals surface area contributed by atoms with Crippen LogP contribution in [0.5, 0.6) is 0 Å². The molecule has 2 heterocycles. The number of hydrogen-bond donors (Lipinski definition) is 1. The van der Waals surface area contributed by atoms with Gasteiger partial charge < -0.3 is 14.2 Å². The van der Waals surface area contributed by atoms with Crippen LogP contribution in [-0.4, -0.2) is 33.5 Å². The van der Waals surface area contributed by atoms with Gasteiger partial charge in [0.05, 0.1) is 6.42 Å². The Morgan fingerprint density at radius 2 is 1.90 bits per heavy atom. The monoisotopic (exact) mass is 423 g/mol. The highest BCUT2D eigenvalue weighted by atomic mass is 35.5. The summed E-state index contributed by atoms with van der Waals surface area (Å²) in [6.45, 7) is 1.50. The van der Waals surface area contributed by atoms with E-state index in [1.807, 2.05) is 31.2 Å². The molecule has 0 fully saturated rings. The summed E-state index contributed by atoms with van der Waals surface area (Å²) >= 11 is 5.87. The van der Waals surface area contributed by atoms with Crippen LogP contribution in [0.1, 0.15) is 28.4 Å². The van der Waals surface area contributed by atoms with Crippen molar-refractivity contribution >= 4 is 34.3 Å². The Morgan fingerprint density at radius 1 is 1.13 bits per heavy atom. The van der Waals surface area contributed by atoms with E-state index in [2.05, 4.69) is 15.1 Å². The smallest absolute Gasteiger partial charge is 0.306 e. The number of nitrogens with one attached hydrogen (secondary N) is 1. The van der Waals surface area contributed by atoms with Crippen LogP contribution in [0.3, 0.4) is 0 Å². The van der Waals surface area contributed by atoms with Crippen LogP contribution >= 0.6 is 11.6 Å². The van der Waals surface area contributed by atoms with Gasteiger partial charge in [-0.1, -0.05) is 35.0 Å². The highest BCUT2D eigenvalue weighted by Crippen LogP contribution is 2.22. The molecule has 0 bridgehead atoms. The second-order valence-electron chi connectivity index (χ2n) is 6.77. The number of nitrogens with zero attached hydrogens (tertiary/aromatic N) is 2. The molecule has 0 spiro atoms. The van der Waals surface area contributed by atoms with Crippen LogP contribution < -0.4 is 0 Å². The summed E-state index contributed by atoms with van der Waals surface area (Å²) in [5.41, 5.74) is 2.93. The maximum Gasteiger partial charge on any atom is 0.306 e. The molecule has 30 heavy (non-hydrogen) atoms. The zero-order valence-corrected chi connectivity index (χ0v) is 16.9. The molecule has 8 heteroatoms. The lowest BCUT2D eigenvalue weighted by Crippen LogP contribution is -2.15. The van der Waals surface area contributed by atoms with Crippen molar-refractivity contribution in [2.75, 3.05) is 6.61 Å². The first-order valence-electron chi connectivity index (χ1n) is 9.36. The maximum absolute atomic E-state index is 12.6. The number of hydrogen-bond acceptors (Lipinski definition) is 6. The molecule has 2 aromatic carbocycles. The largest absolute Gasteiger partial charge is 0.457 e. The number of aromatic nitrogens is 3. The molecule has 0 radical (unpaired) electrons. The Morgan fingerprint density at radius 3 is 2.70 bits per heavy atom. The summed E-state index contributed by atoms with van der Waals surface area (Å²) < 4.78 is 10.3. The predicted octanol–water partition coefficient (Wildman–Crippen LogP) is 4.54. The molecular weight excluding hydrogens is 406 g/mol. The van der Waals surface area contributed by atoms with Crippen LogP contribution in [0.15, 0.2) is 53.1 Å². The van der Waals surface area contributed by atoms with E-state index in [9.17, 15) is 9.59 Å². The third-order valence-corrected chi connectivity index (χ3v) is 4.90. The minimum absolute atomic E-state index is 0.0302. The van der Waals surface area contributed by atoms with Gasteiger partial charge >= 0.3 is 5.97 Å². The minimum atomic E-state index is -0.507. The Labute approximate surface area is 177 Å². The summed E-state index contributed by atoms with van der Waals surface area (Å²) in [6.07, 6.45) is 0.252. The van der Waals surface area contributed by atoms with Gasteiger partial charge in [-0.3, -0.25) is 9.59 Å². The van der Waals surface area contributed by atoms with E-state index in [0.717, 1.165) is 22.2 Å². The maximum atomic E-state index is 12.6. The zero-order chi connectivity index (χ0) is 21.1. The van der Waals surface area contributed by atoms with Gasteiger partial charge in [-0.05, 0) is 37.3 Å².